The summed E-state index contributed by atoms with van der Waals surface area (Å²) in [7, 11) is 0. The van der Waals surface area contributed by atoms with Crippen molar-refractivity contribution in [2.45, 2.75) is 45.0 Å². The molecule has 0 saturated carbocycles. The predicted molar refractivity (Wildman–Crippen MR) is 61.6 cm³/mol. The van der Waals surface area contributed by atoms with Gasteiger partial charge in [-0.3, -0.25) is 4.79 Å². The van der Waals surface area contributed by atoms with E-state index in [-0.39, 0.29) is 11.3 Å². The van der Waals surface area contributed by atoms with Crippen LogP contribution in [0.2, 0.25) is 0 Å². The van der Waals surface area contributed by atoms with Crippen LogP contribution >= 0.6 is 11.8 Å². The number of aliphatic carboxylic acids is 1. The van der Waals surface area contributed by atoms with Crippen LogP contribution in [0.3, 0.4) is 0 Å². The molecule has 1 saturated heterocycles. The lowest BCUT2D eigenvalue weighted by molar-refractivity contribution is -0.310. The first-order valence-corrected chi connectivity index (χ1v) is 6.65. The van der Waals surface area contributed by atoms with Crippen LogP contribution in [0.4, 0.5) is 0 Å². The molecule has 0 N–H and O–H groups in total. The molecule has 0 spiro atoms. The van der Waals surface area contributed by atoms with Gasteiger partial charge in [0.1, 0.15) is 0 Å². The van der Waals surface area contributed by atoms with Gasteiger partial charge in [-0.05, 0) is 12.3 Å². The van der Waals surface area contributed by atoms with Crippen LogP contribution in [-0.2, 0) is 9.59 Å². The number of thioether (sulfide) groups is 1. The minimum atomic E-state index is -1.14. The number of carboxylic acid groups (broad SMARTS) is 1. The Bertz CT molecular complexity index is 280. The molecule has 92 valence electrons. The van der Waals surface area contributed by atoms with Crippen LogP contribution in [0.25, 0.3) is 0 Å². The average Bonchev–Trinajstić information content (AvgIpc) is 2.59. The van der Waals surface area contributed by atoms with E-state index in [1.54, 1.807) is 18.7 Å². The molecular formula is C11H18NO3S-. The normalized spacial score (nSPS) is 25.1. The predicted octanol–water partition coefficient (Wildman–Crippen LogP) is 0.462. The number of nitrogens with zero attached hydrogens (tertiary/aromatic N) is 1. The molecule has 16 heavy (non-hydrogen) atoms. The van der Waals surface area contributed by atoms with Crippen molar-refractivity contribution in [3.05, 3.63) is 0 Å². The van der Waals surface area contributed by atoms with Crippen LogP contribution in [0, 0.1) is 5.92 Å². The highest BCUT2D eigenvalue weighted by molar-refractivity contribution is 8.00. The smallest absolute Gasteiger partial charge is 0.223 e. The van der Waals surface area contributed by atoms with Gasteiger partial charge in [0.25, 0.3) is 0 Å². The molecule has 0 aromatic heterocycles. The first-order valence-electron chi connectivity index (χ1n) is 5.61. The van der Waals surface area contributed by atoms with Crippen molar-refractivity contribution in [2.24, 2.45) is 5.92 Å². The maximum Gasteiger partial charge on any atom is 0.223 e. The summed E-state index contributed by atoms with van der Waals surface area (Å²) in [6.07, 6.45) is 1.18. The maximum absolute atomic E-state index is 11.7. The molecule has 0 unspecified atom stereocenters. The molecule has 1 rings (SSSR count). The standard InChI is InChI=1S/C11H19NO3S/c1-4-9(13)12-8(11(14)15)6-16-10(12)5-7(2)3/h7-8,10H,4-6H2,1-3H3,(H,14,15)/p-1/t8-,10-/m1/s1. The van der Waals surface area contributed by atoms with Crippen LogP contribution in [0.5, 0.6) is 0 Å². The van der Waals surface area contributed by atoms with E-state index in [2.05, 4.69) is 13.8 Å². The minimum absolute atomic E-state index is 0.00431. The Morgan fingerprint density at radius 2 is 2.12 bits per heavy atom. The van der Waals surface area contributed by atoms with Crippen LogP contribution in [0.1, 0.15) is 33.6 Å². The number of carboxylic acids is 1. The van der Waals surface area contributed by atoms with Gasteiger partial charge in [0, 0.05) is 12.2 Å². The van der Waals surface area contributed by atoms with Gasteiger partial charge in [0.15, 0.2) is 0 Å². The fourth-order valence-corrected chi connectivity index (χ4v) is 3.49. The van der Waals surface area contributed by atoms with E-state index in [4.69, 9.17) is 0 Å². The summed E-state index contributed by atoms with van der Waals surface area (Å²) in [6, 6.07) is -0.749. The Morgan fingerprint density at radius 3 is 2.56 bits per heavy atom. The van der Waals surface area contributed by atoms with Gasteiger partial charge in [0.05, 0.1) is 17.4 Å². The number of carbonyl (C=O) groups is 2. The second-order valence-electron chi connectivity index (χ2n) is 4.41. The molecule has 5 heteroatoms. The molecule has 1 aliphatic heterocycles. The largest absolute Gasteiger partial charge is 0.548 e. The summed E-state index contributed by atoms with van der Waals surface area (Å²) in [5.74, 6) is -0.332. The zero-order chi connectivity index (χ0) is 12.3. The van der Waals surface area contributed by atoms with Crippen LogP contribution in [-0.4, -0.2) is 33.9 Å². The van der Waals surface area contributed by atoms with Gasteiger partial charge in [-0.15, -0.1) is 11.8 Å². The fourth-order valence-electron chi connectivity index (χ4n) is 1.85. The first-order chi connectivity index (χ1) is 7.47. The van der Waals surface area contributed by atoms with Crippen LogP contribution in [0.15, 0.2) is 0 Å². The Hall–Kier alpha value is -0.710. The molecule has 0 aromatic carbocycles. The van der Waals surface area contributed by atoms with E-state index in [0.29, 0.717) is 18.1 Å². The third-order valence-electron chi connectivity index (χ3n) is 2.63. The zero-order valence-electron chi connectivity index (χ0n) is 9.93. The lowest BCUT2D eigenvalue weighted by Gasteiger charge is -2.30. The van der Waals surface area contributed by atoms with E-state index in [1.165, 1.54) is 4.90 Å². The van der Waals surface area contributed by atoms with Crippen molar-refractivity contribution < 1.29 is 14.7 Å². The Labute approximate surface area is 100 Å². The maximum atomic E-state index is 11.7. The molecule has 0 aliphatic carbocycles. The molecule has 1 amide bonds. The van der Waals surface area contributed by atoms with Crippen molar-refractivity contribution in [1.29, 1.82) is 0 Å². The summed E-state index contributed by atoms with van der Waals surface area (Å²) in [6.45, 7) is 5.90. The molecule has 0 radical (unpaired) electrons. The van der Waals surface area contributed by atoms with E-state index in [0.717, 1.165) is 6.42 Å². The quantitative estimate of drug-likeness (QED) is 0.721. The SMILES string of the molecule is CCC(=O)N1[C@@H](C(=O)[O-])CS[C@@H]1CC(C)C. The molecular weight excluding hydrogens is 226 g/mol. The minimum Gasteiger partial charge on any atom is -0.548 e. The third kappa shape index (κ3) is 2.90. The van der Waals surface area contributed by atoms with Gasteiger partial charge >= 0.3 is 0 Å². The number of hydrogen-bond donors (Lipinski definition) is 0. The number of hydrogen-bond acceptors (Lipinski definition) is 4. The van der Waals surface area contributed by atoms with E-state index >= 15 is 0 Å². The first kappa shape index (κ1) is 13.4. The highest BCUT2D eigenvalue weighted by Crippen LogP contribution is 2.33. The van der Waals surface area contributed by atoms with Crippen molar-refractivity contribution >= 4 is 23.6 Å². The monoisotopic (exact) mass is 244 g/mol. The summed E-state index contributed by atoms with van der Waals surface area (Å²) < 4.78 is 0. The fraction of sp³-hybridized carbons (Fsp3) is 0.818. The number of rotatable bonds is 4. The molecule has 1 fully saturated rings. The van der Waals surface area contributed by atoms with Gasteiger partial charge in [0.2, 0.25) is 5.91 Å². The Kier molecular flexibility index (Phi) is 4.65. The van der Waals surface area contributed by atoms with Crippen LogP contribution < -0.4 is 5.11 Å². The second kappa shape index (κ2) is 5.57. The van der Waals surface area contributed by atoms with Gasteiger partial charge in [-0.25, -0.2) is 0 Å². The Balaban J connectivity index is 2.79. The summed E-state index contributed by atoms with van der Waals surface area (Å²) >= 11 is 1.54. The topological polar surface area (TPSA) is 60.4 Å². The summed E-state index contributed by atoms with van der Waals surface area (Å²) in [5, 5.41) is 10.9. The number of amides is 1. The Morgan fingerprint density at radius 1 is 1.50 bits per heavy atom. The van der Waals surface area contributed by atoms with E-state index in [9.17, 15) is 14.7 Å². The van der Waals surface area contributed by atoms with E-state index < -0.39 is 12.0 Å². The average molecular weight is 244 g/mol. The summed E-state index contributed by atoms with van der Waals surface area (Å²) in [4.78, 5) is 24.2. The summed E-state index contributed by atoms with van der Waals surface area (Å²) in [5.41, 5.74) is 0. The highest BCUT2D eigenvalue weighted by atomic mass is 32.2. The molecule has 2 atom stereocenters. The van der Waals surface area contributed by atoms with Gasteiger partial charge in [-0.2, -0.15) is 0 Å². The second-order valence-corrected chi connectivity index (χ2v) is 5.62. The lowest BCUT2D eigenvalue weighted by Crippen LogP contribution is -2.50. The number of carbonyl (C=O) groups excluding carboxylic acids is 2. The van der Waals surface area contributed by atoms with Crippen molar-refractivity contribution in [3.63, 3.8) is 0 Å². The molecule has 0 aromatic rings. The van der Waals surface area contributed by atoms with Crippen molar-refractivity contribution in [2.75, 3.05) is 5.75 Å². The van der Waals surface area contributed by atoms with Crippen molar-refractivity contribution in [3.8, 4) is 0 Å². The van der Waals surface area contributed by atoms with Gasteiger partial charge < -0.3 is 14.8 Å². The molecule has 0 bridgehead atoms. The third-order valence-corrected chi connectivity index (χ3v) is 3.94. The highest BCUT2D eigenvalue weighted by Gasteiger charge is 2.37. The zero-order valence-corrected chi connectivity index (χ0v) is 10.8. The van der Waals surface area contributed by atoms with Crippen molar-refractivity contribution in [1.82, 2.24) is 4.90 Å². The molecule has 1 heterocycles. The molecule has 1 aliphatic rings. The molecule has 4 nitrogen and oxygen atoms in total. The van der Waals surface area contributed by atoms with Gasteiger partial charge in [-0.1, -0.05) is 20.8 Å². The van der Waals surface area contributed by atoms with E-state index in [1.807, 2.05) is 0 Å². The lowest BCUT2D eigenvalue weighted by atomic mass is 10.1.